The monoisotopic (exact) mass is 282 g/mol. The van der Waals surface area contributed by atoms with E-state index in [1.807, 2.05) is 25.7 Å². The van der Waals surface area contributed by atoms with Gasteiger partial charge in [-0.3, -0.25) is 0 Å². The Bertz CT molecular complexity index is 373. The number of rotatable bonds is 2. The van der Waals surface area contributed by atoms with Crippen LogP contribution in [0.4, 0.5) is 4.79 Å². The average molecular weight is 282 g/mol. The van der Waals surface area contributed by atoms with Crippen molar-refractivity contribution in [3.8, 4) is 0 Å². The van der Waals surface area contributed by atoms with E-state index in [4.69, 9.17) is 10.5 Å². The van der Waals surface area contributed by atoms with E-state index in [0.717, 1.165) is 26.1 Å². The summed E-state index contributed by atoms with van der Waals surface area (Å²) < 4.78 is 5.49. The summed E-state index contributed by atoms with van der Waals surface area (Å²) in [6.45, 7) is 12.8. The van der Waals surface area contributed by atoms with Crippen molar-refractivity contribution in [2.24, 2.45) is 28.9 Å². The predicted octanol–water partition coefficient (Wildman–Crippen LogP) is 2.86. The molecule has 1 saturated heterocycles. The molecule has 0 bridgehead atoms. The Morgan fingerprint density at radius 3 is 2.55 bits per heavy atom. The van der Waals surface area contributed by atoms with Crippen molar-refractivity contribution in [1.29, 1.82) is 0 Å². The van der Waals surface area contributed by atoms with Gasteiger partial charge in [0, 0.05) is 13.1 Å². The summed E-state index contributed by atoms with van der Waals surface area (Å²) in [6.07, 6.45) is 2.13. The van der Waals surface area contributed by atoms with E-state index in [1.54, 1.807) is 0 Å². The third kappa shape index (κ3) is 3.11. The van der Waals surface area contributed by atoms with Crippen molar-refractivity contribution in [3.05, 3.63) is 0 Å². The molecule has 4 heteroatoms. The maximum absolute atomic E-state index is 12.2. The van der Waals surface area contributed by atoms with E-state index in [9.17, 15) is 4.79 Å². The van der Waals surface area contributed by atoms with E-state index in [-0.39, 0.29) is 6.09 Å². The van der Waals surface area contributed by atoms with E-state index in [1.165, 1.54) is 6.42 Å². The van der Waals surface area contributed by atoms with Gasteiger partial charge in [0.1, 0.15) is 5.60 Å². The van der Waals surface area contributed by atoms with Gasteiger partial charge in [0.2, 0.25) is 0 Å². The van der Waals surface area contributed by atoms with Gasteiger partial charge in [-0.25, -0.2) is 4.79 Å². The summed E-state index contributed by atoms with van der Waals surface area (Å²) in [7, 11) is 0. The van der Waals surface area contributed by atoms with Crippen LogP contribution in [0.3, 0.4) is 0 Å². The lowest BCUT2D eigenvalue weighted by molar-refractivity contribution is 0.0145. The highest BCUT2D eigenvalue weighted by Gasteiger charge is 2.59. The van der Waals surface area contributed by atoms with E-state index in [0.29, 0.717) is 23.2 Å². The molecule has 1 aliphatic carbocycles. The number of hydrogen-bond donors (Lipinski definition) is 1. The van der Waals surface area contributed by atoms with Crippen LogP contribution in [-0.4, -0.2) is 36.2 Å². The summed E-state index contributed by atoms with van der Waals surface area (Å²) >= 11 is 0. The first-order chi connectivity index (χ1) is 9.16. The van der Waals surface area contributed by atoms with Crippen LogP contribution in [0.25, 0.3) is 0 Å². The molecule has 2 N–H and O–H groups in total. The van der Waals surface area contributed by atoms with Crippen LogP contribution in [-0.2, 0) is 4.74 Å². The lowest BCUT2D eigenvalue weighted by Gasteiger charge is -2.35. The van der Waals surface area contributed by atoms with Crippen LogP contribution in [0.1, 0.15) is 47.5 Å². The minimum Gasteiger partial charge on any atom is -0.444 e. The highest BCUT2D eigenvalue weighted by molar-refractivity contribution is 5.68. The standard InChI is InChI=1S/C16H30N2O2/c1-15(2,3)20-14(19)18-8-6-7-11(10-18)13-12(9-17)16(13,4)5/h11-13H,6-10,17H2,1-5H3. The molecule has 0 aromatic carbocycles. The van der Waals surface area contributed by atoms with Gasteiger partial charge >= 0.3 is 6.09 Å². The summed E-state index contributed by atoms with van der Waals surface area (Å²) in [5.74, 6) is 1.86. The fourth-order valence-electron chi connectivity index (χ4n) is 3.97. The number of carbonyl (C=O) groups excluding carboxylic acids is 1. The van der Waals surface area contributed by atoms with E-state index < -0.39 is 5.60 Å². The normalized spacial score (nSPS) is 32.9. The average Bonchev–Trinajstić information content (AvgIpc) is 2.89. The Balaban J connectivity index is 1.95. The van der Waals surface area contributed by atoms with Gasteiger partial charge in [-0.15, -0.1) is 0 Å². The second kappa shape index (κ2) is 5.21. The van der Waals surface area contributed by atoms with Gasteiger partial charge in [0.25, 0.3) is 0 Å². The highest BCUT2D eigenvalue weighted by Crippen LogP contribution is 2.62. The fourth-order valence-corrected chi connectivity index (χ4v) is 3.97. The lowest BCUT2D eigenvalue weighted by atomic mass is 9.89. The SMILES string of the molecule is CC(C)(C)OC(=O)N1CCCC(C2C(CN)C2(C)C)C1. The maximum Gasteiger partial charge on any atom is 0.410 e. The van der Waals surface area contributed by atoms with E-state index >= 15 is 0 Å². The fraction of sp³-hybridized carbons (Fsp3) is 0.938. The molecule has 4 nitrogen and oxygen atoms in total. The van der Waals surface area contributed by atoms with Crippen molar-refractivity contribution in [3.63, 3.8) is 0 Å². The molecule has 0 radical (unpaired) electrons. The molecule has 0 aromatic rings. The number of ether oxygens (including phenoxy) is 1. The first-order valence-electron chi connectivity index (χ1n) is 7.85. The minimum atomic E-state index is -0.414. The molecule has 1 saturated carbocycles. The second-order valence-corrected chi connectivity index (χ2v) is 8.02. The Morgan fingerprint density at radius 2 is 2.05 bits per heavy atom. The molecule has 2 fully saturated rings. The van der Waals surface area contributed by atoms with Gasteiger partial charge in [0.15, 0.2) is 0 Å². The van der Waals surface area contributed by atoms with Crippen LogP contribution < -0.4 is 5.73 Å². The number of nitrogens with zero attached hydrogens (tertiary/aromatic N) is 1. The van der Waals surface area contributed by atoms with Crippen molar-refractivity contribution in [2.75, 3.05) is 19.6 Å². The van der Waals surface area contributed by atoms with Crippen LogP contribution in [0.15, 0.2) is 0 Å². The molecule has 0 spiro atoms. The zero-order valence-corrected chi connectivity index (χ0v) is 13.6. The number of piperidine rings is 1. The summed E-state index contributed by atoms with van der Waals surface area (Å²) in [5, 5.41) is 0. The first kappa shape index (κ1) is 15.6. The molecular weight excluding hydrogens is 252 g/mol. The van der Waals surface area contributed by atoms with Crippen molar-refractivity contribution in [1.82, 2.24) is 4.90 Å². The Kier molecular flexibility index (Phi) is 4.07. The maximum atomic E-state index is 12.2. The van der Waals surface area contributed by atoms with Crippen molar-refractivity contribution in [2.45, 2.75) is 53.1 Å². The molecule has 20 heavy (non-hydrogen) atoms. The molecule has 1 aliphatic heterocycles. The molecule has 2 aliphatic rings. The zero-order valence-electron chi connectivity index (χ0n) is 13.6. The highest BCUT2D eigenvalue weighted by atomic mass is 16.6. The quantitative estimate of drug-likeness (QED) is 0.847. The largest absolute Gasteiger partial charge is 0.444 e. The lowest BCUT2D eigenvalue weighted by Crippen LogP contribution is -2.43. The van der Waals surface area contributed by atoms with Gasteiger partial charge in [0.05, 0.1) is 0 Å². The molecule has 3 unspecified atom stereocenters. The van der Waals surface area contributed by atoms with Gasteiger partial charge in [-0.05, 0) is 63.3 Å². The van der Waals surface area contributed by atoms with Crippen LogP contribution in [0.2, 0.25) is 0 Å². The molecule has 0 aromatic heterocycles. The predicted molar refractivity (Wildman–Crippen MR) is 80.3 cm³/mol. The van der Waals surface area contributed by atoms with Crippen LogP contribution in [0, 0.1) is 23.2 Å². The summed E-state index contributed by atoms with van der Waals surface area (Å²) in [6, 6.07) is 0. The molecule has 1 amide bonds. The van der Waals surface area contributed by atoms with Crippen molar-refractivity contribution < 1.29 is 9.53 Å². The smallest absolute Gasteiger partial charge is 0.410 e. The number of hydrogen-bond acceptors (Lipinski definition) is 3. The molecule has 1 heterocycles. The molecular formula is C16H30N2O2. The van der Waals surface area contributed by atoms with E-state index in [2.05, 4.69) is 13.8 Å². The molecule has 3 atom stereocenters. The Hall–Kier alpha value is -0.770. The Labute approximate surface area is 123 Å². The molecule has 116 valence electrons. The van der Waals surface area contributed by atoms with Crippen LogP contribution in [0.5, 0.6) is 0 Å². The number of amides is 1. The second-order valence-electron chi connectivity index (χ2n) is 8.02. The topological polar surface area (TPSA) is 55.6 Å². The third-order valence-electron chi connectivity index (χ3n) is 5.01. The van der Waals surface area contributed by atoms with Crippen molar-refractivity contribution >= 4 is 6.09 Å². The van der Waals surface area contributed by atoms with Gasteiger partial charge < -0.3 is 15.4 Å². The Morgan fingerprint density at radius 1 is 1.40 bits per heavy atom. The summed E-state index contributed by atoms with van der Waals surface area (Å²) in [5.41, 5.74) is 5.81. The molecule has 2 rings (SSSR count). The number of likely N-dealkylation sites (tertiary alicyclic amines) is 1. The number of carbonyl (C=O) groups is 1. The minimum absolute atomic E-state index is 0.162. The summed E-state index contributed by atoms with van der Waals surface area (Å²) in [4.78, 5) is 14.1. The van der Waals surface area contributed by atoms with Crippen LogP contribution >= 0.6 is 0 Å². The zero-order chi connectivity index (χ0) is 15.1. The number of nitrogens with two attached hydrogens (primary N) is 1. The van der Waals surface area contributed by atoms with Gasteiger partial charge in [-0.1, -0.05) is 13.8 Å². The third-order valence-corrected chi connectivity index (χ3v) is 5.01. The van der Waals surface area contributed by atoms with Gasteiger partial charge in [-0.2, -0.15) is 0 Å². The first-order valence-corrected chi connectivity index (χ1v) is 7.85.